The monoisotopic (exact) mass is 369 g/mol. The van der Waals surface area contributed by atoms with E-state index in [4.69, 9.17) is 4.74 Å². The van der Waals surface area contributed by atoms with E-state index in [1.165, 1.54) is 12.1 Å². The van der Waals surface area contributed by atoms with Crippen molar-refractivity contribution < 1.29 is 24.2 Å². The van der Waals surface area contributed by atoms with Gasteiger partial charge in [0.05, 0.1) is 35.3 Å². The summed E-state index contributed by atoms with van der Waals surface area (Å²) in [5, 5.41) is 14.5. The Hall–Kier alpha value is -2.67. The summed E-state index contributed by atoms with van der Waals surface area (Å²) in [5.41, 5.74) is 0.754. The number of carbonyl (C=O) groups is 3. The zero-order chi connectivity index (χ0) is 19.0. The number of anilines is 2. The van der Waals surface area contributed by atoms with Crippen molar-refractivity contribution in [3.05, 3.63) is 35.9 Å². The highest BCUT2D eigenvalue weighted by Crippen LogP contribution is 2.40. The number of rotatable bonds is 5. The molecule has 1 N–H and O–H groups in total. The summed E-state index contributed by atoms with van der Waals surface area (Å²) in [6.07, 6.45) is 6.91. The molecule has 0 bridgehead atoms. The minimum atomic E-state index is -1.35. The third kappa shape index (κ3) is 3.23. The molecule has 0 unspecified atom stereocenters. The molecule has 2 aliphatic heterocycles. The topological polar surface area (TPSA) is 98.8 Å². The summed E-state index contributed by atoms with van der Waals surface area (Å²) in [6, 6.07) is 4.33. The molecule has 2 heterocycles. The van der Waals surface area contributed by atoms with E-state index in [1.54, 1.807) is 6.07 Å². The average Bonchev–Trinajstić information content (AvgIpc) is 3.28. The molecule has 1 aromatic carbocycles. The Labute approximate surface area is 157 Å². The molecule has 27 heavy (non-hydrogen) atoms. The van der Waals surface area contributed by atoms with Crippen molar-refractivity contribution in [3.8, 4) is 0 Å². The molecule has 1 aromatic rings. The average molecular weight is 369 g/mol. The maximum atomic E-state index is 12.9. The molecular formula is C20H21N2O5-. The van der Waals surface area contributed by atoms with Crippen molar-refractivity contribution in [2.24, 2.45) is 11.8 Å². The lowest BCUT2D eigenvalue weighted by atomic mass is 9.85. The number of carboxylic acid groups (broad SMARTS) is 1. The highest BCUT2D eigenvalue weighted by Gasteiger charge is 2.48. The molecule has 0 spiro atoms. The fourth-order valence-electron chi connectivity index (χ4n) is 4.06. The Kier molecular flexibility index (Phi) is 4.70. The van der Waals surface area contributed by atoms with Crippen LogP contribution in [0.5, 0.6) is 0 Å². The Morgan fingerprint density at radius 2 is 1.89 bits per heavy atom. The van der Waals surface area contributed by atoms with E-state index in [2.05, 4.69) is 5.32 Å². The number of nitrogens with zero attached hydrogens (tertiary/aromatic N) is 1. The second-order valence-electron chi connectivity index (χ2n) is 7.20. The van der Waals surface area contributed by atoms with Crippen LogP contribution in [0, 0.1) is 11.8 Å². The lowest BCUT2D eigenvalue weighted by Gasteiger charge is -2.22. The van der Waals surface area contributed by atoms with Gasteiger partial charge in [-0.1, -0.05) is 18.2 Å². The number of imide groups is 1. The predicted octanol–water partition coefficient (Wildman–Crippen LogP) is 1.10. The van der Waals surface area contributed by atoms with E-state index < -0.39 is 5.97 Å². The van der Waals surface area contributed by atoms with E-state index in [9.17, 15) is 19.5 Å². The second-order valence-corrected chi connectivity index (χ2v) is 7.20. The van der Waals surface area contributed by atoms with Crippen molar-refractivity contribution in [2.45, 2.75) is 31.8 Å². The van der Waals surface area contributed by atoms with Gasteiger partial charge in [0.2, 0.25) is 11.8 Å². The summed E-state index contributed by atoms with van der Waals surface area (Å²) in [5.74, 6) is -2.64. The number of nitrogens with one attached hydrogen (secondary N) is 1. The highest BCUT2D eigenvalue weighted by atomic mass is 16.5. The minimum Gasteiger partial charge on any atom is -0.545 e. The van der Waals surface area contributed by atoms with Gasteiger partial charge >= 0.3 is 0 Å². The summed E-state index contributed by atoms with van der Waals surface area (Å²) < 4.78 is 5.60. The number of fused-ring (bicyclic) bond motifs is 1. The summed E-state index contributed by atoms with van der Waals surface area (Å²) >= 11 is 0. The lowest BCUT2D eigenvalue weighted by molar-refractivity contribution is -0.255. The second kappa shape index (κ2) is 7.15. The maximum absolute atomic E-state index is 12.9. The molecule has 2 amide bonds. The fraction of sp³-hybridized carbons (Fsp3) is 0.450. The molecule has 1 aliphatic carbocycles. The van der Waals surface area contributed by atoms with Crippen LogP contribution in [0.3, 0.4) is 0 Å². The summed E-state index contributed by atoms with van der Waals surface area (Å²) in [6.45, 7) is 1.25. The van der Waals surface area contributed by atoms with Crippen LogP contribution in [0.15, 0.2) is 30.4 Å². The van der Waals surface area contributed by atoms with Crippen molar-refractivity contribution in [2.75, 3.05) is 23.4 Å². The largest absolute Gasteiger partial charge is 0.545 e. The van der Waals surface area contributed by atoms with E-state index >= 15 is 0 Å². The molecule has 3 aliphatic rings. The number of aromatic carboxylic acids is 1. The number of carboxylic acids is 1. The normalized spacial score (nSPS) is 27.1. The molecule has 4 rings (SSSR count). The first-order valence-corrected chi connectivity index (χ1v) is 9.30. The molecule has 0 saturated carbocycles. The third-order valence-corrected chi connectivity index (χ3v) is 5.53. The number of hydrogen-bond acceptors (Lipinski definition) is 6. The van der Waals surface area contributed by atoms with Crippen molar-refractivity contribution in [1.29, 1.82) is 0 Å². The quantitative estimate of drug-likeness (QED) is 0.616. The van der Waals surface area contributed by atoms with Crippen molar-refractivity contribution in [3.63, 3.8) is 0 Å². The standard InChI is InChI=1S/C20H22N2O5/c23-18-14-5-1-2-6-15(14)19(24)22(18)17-10-12(20(25)26)7-8-16(17)21-11-13-4-3-9-27-13/h1-2,7-8,10,13-15,21H,3-6,9,11H2,(H,25,26)/p-1/t13-,14-,15-/m0/s1. The number of carbonyl (C=O) groups excluding carboxylic acids is 3. The highest BCUT2D eigenvalue weighted by molar-refractivity contribution is 6.23. The Morgan fingerprint density at radius 3 is 2.48 bits per heavy atom. The smallest absolute Gasteiger partial charge is 0.238 e. The predicted molar refractivity (Wildman–Crippen MR) is 96.1 cm³/mol. The van der Waals surface area contributed by atoms with Gasteiger partial charge in [-0.25, -0.2) is 4.90 Å². The van der Waals surface area contributed by atoms with Gasteiger partial charge in [-0.3, -0.25) is 9.59 Å². The van der Waals surface area contributed by atoms with Gasteiger partial charge in [-0.2, -0.15) is 0 Å². The number of amides is 2. The number of hydrogen-bond donors (Lipinski definition) is 1. The SMILES string of the molecule is O=C([O-])c1ccc(NC[C@@H]2CCCO2)c(N2C(=O)[C@H]3CC=CC[C@@H]3C2=O)c1. The van der Waals surface area contributed by atoms with Crippen LogP contribution in [0.1, 0.15) is 36.0 Å². The van der Waals surface area contributed by atoms with Gasteiger partial charge in [0.25, 0.3) is 0 Å². The molecule has 2 saturated heterocycles. The fourth-order valence-corrected chi connectivity index (χ4v) is 4.06. The molecule has 3 atom stereocenters. The van der Waals surface area contributed by atoms with E-state index in [0.29, 0.717) is 25.1 Å². The van der Waals surface area contributed by atoms with Gasteiger partial charge < -0.3 is 20.0 Å². The maximum Gasteiger partial charge on any atom is 0.238 e. The lowest BCUT2D eigenvalue weighted by Crippen LogP contribution is -2.33. The van der Waals surface area contributed by atoms with Gasteiger partial charge in [0.15, 0.2) is 0 Å². The first-order valence-electron chi connectivity index (χ1n) is 9.30. The van der Waals surface area contributed by atoms with Crippen molar-refractivity contribution in [1.82, 2.24) is 0 Å². The molecule has 2 fully saturated rings. The van der Waals surface area contributed by atoms with Crippen LogP contribution in [0.2, 0.25) is 0 Å². The Balaban J connectivity index is 1.66. The summed E-state index contributed by atoms with van der Waals surface area (Å²) in [4.78, 5) is 38.3. The molecule has 142 valence electrons. The Bertz CT molecular complexity index is 787. The van der Waals surface area contributed by atoms with Crippen LogP contribution in [0.25, 0.3) is 0 Å². The number of ether oxygens (including phenoxy) is 1. The van der Waals surface area contributed by atoms with Crippen LogP contribution in [0.4, 0.5) is 11.4 Å². The van der Waals surface area contributed by atoms with Crippen LogP contribution in [-0.2, 0) is 14.3 Å². The first-order chi connectivity index (χ1) is 13.1. The first kappa shape index (κ1) is 17.7. The molecule has 0 radical (unpaired) electrons. The third-order valence-electron chi connectivity index (χ3n) is 5.53. The number of benzene rings is 1. The zero-order valence-electron chi connectivity index (χ0n) is 14.8. The van der Waals surface area contributed by atoms with Gasteiger partial charge in [-0.15, -0.1) is 0 Å². The summed E-state index contributed by atoms with van der Waals surface area (Å²) in [7, 11) is 0. The van der Waals surface area contributed by atoms with Gasteiger partial charge in [0, 0.05) is 13.2 Å². The zero-order valence-corrected chi connectivity index (χ0v) is 14.8. The van der Waals surface area contributed by atoms with Gasteiger partial charge in [-0.05, 0) is 43.4 Å². The van der Waals surface area contributed by atoms with E-state index in [-0.39, 0.29) is 41.0 Å². The van der Waals surface area contributed by atoms with Crippen molar-refractivity contribution >= 4 is 29.2 Å². The Morgan fingerprint density at radius 1 is 1.19 bits per heavy atom. The minimum absolute atomic E-state index is 0.0652. The molecular weight excluding hydrogens is 348 g/mol. The molecule has 7 nitrogen and oxygen atoms in total. The van der Waals surface area contributed by atoms with Gasteiger partial charge in [0.1, 0.15) is 0 Å². The molecule has 7 heteroatoms. The van der Waals surface area contributed by atoms with E-state index in [0.717, 1.165) is 24.3 Å². The number of allylic oxidation sites excluding steroid dienone is 2. The molecule has 0 aromatic heterocycles. The van der Waals surface area contributed by atoms with Crippen LogP contribution >= 0.6 is 0 Å². The van der Waals surface area contributed by atoms with E-state index in [1.807, 2.05) is 12.2 Å². The van der Waals surface area contributed by atoms with Crippen LogP contribution < -0.4 is 15.3 Å². The van der Waals surface area contributed by atoms with Crippen LogP contribution in [-0.4, -0.2) is 37.0 Å².